The Morgan fingerprint density at radius 1 is 0.463 bits per heavy atom. The predicted molar refractivity (Wildman–Crippen MR) is 157 cm³/mol. The molecule has 0 bridgehead atoms. The van der Waals surface area contributed by atoms with Gasteiger partial charge in [-0.3, -0.25) is 0 Å². The molecule has 0 saturated heterocycles. The third-order valence-electron chi connectivity index (χ3n) is 5.47. The summed E-state index contributed by atoms with van der Waals surface area (Å²) in [5.74, 6) is 0. The largest absolute Gasteiger partial charge is 3.00 e. The molecule has 14 heteroatoms. The Morgan fingerprint density at radius 2 is 0.683 bits per heavy atom. The molecule has 0 aliphatic rings. The van der Waals surface area contributed by atoms with E-state index in [1.54, 1.807) is 0 Å². The van der Waals surface area contributed by atoms with E-state index >= 15 is 0 Å². The average molecular weight is 720 g/mol. The molecular formula is C27H65AlCl4NNaO6Si. The Kier molecular flexibility index (Phi) is 89.2. The summed E-state index contributed by atoms with van der Waals surface area (Å²) >= 11 is 0. The minimum Gasteiger partial charge on any atom is -1.00 e. The number of quaternary nitrogens is 1. The number of rotatable bonds is 23. The second-order valence-electron chi connectivity index (χ2n) is 9.84. The molecule has 0 fully saturated rings. The zero-order chi connectivity index (χ0) is 25.3. The van der Waals surface area contributed by atoms with Crippen LogP contribution < -0.4 is 79.2 Å². The van der Waals surface area contributed by atoms with Crippen LogP contribution in [-0.4, -0.2) is 96.0 Å². The SMILES string of the molecule is CCCCCCCCCCCCCCCC[N+](C)(C)C.CCO[Si](OCC)(OCC)OCC.O.[Al+3].[Cl-].[Cl-].[Cl-].[Cl-].[Na+].[OH-]. The molecule has 0 aromatic heterocycles. The molecule has 0 aliphatic carbocycles. The van der Waals surface area contributed by atoms with E-state index in [-0.39, 0.29) is 107 Å². The van der Waals surface area contributed by atoms with Gasteiger partial charge in [-0.15, -0.1) is 0 Å². The van der Waals surface area contributed by atoms with Gasteiger partial charge in [-0.2, -0.15) is 0 Å². The summed E-state index contributed by atoms with van der Waals surface area (Å²) in [6, 6.07) is 0. The van der Waals surface area contributed by atoms with E-state index in [0.717, 1.165) is 4.48 Å². The number of hydrogen-bond donors (Lipinski definition) is 0. The number of unbranched alkanes of at least 4 members (excludes halogenated alkanes) is 13. The fourth-order valence-electron chi connectivity index (χ4n) is 3.74. The van der Waals surface area contributed by atoms with Crippen LogP contribution in [0.1, 0.15) is 125 Å². The van der Waals surface area contributed by atoms with Crippen LogP contribution in [0.15, 0.2) is 0 Å². The molecular weight excluding hydrogens is 654 g/mol. The molecule has 0 aromatic carbocycles. The monoisotopic (exact) mass is 717 g/mol. The van der Waals surface area contributed by atoms with Crippen LogP contribution >= 0.6 is 0 Å². The minimum absolute atomic E-state index is 0. The van der Waals surface area contributed by atoms with Crippen LogP contribution in [0.3, 0.4) is 0 Å². The van der Waals surface area contributed by atoms with Gasteiger partial charge in [0.05, 0.1) is 27.7 Å². The first-order chi connectivity index (χ1) is 15.8. The van der Waals surface area contributed by atoms with Gasteiger partial charge >= 0.3 is 56.0 Å². The molecule has 0 spiro atoms. The number of hydrogen-bond acceptors (Lipinski definition) is 5. The van der Waals surface area contributed by atoms with Crippen molar-refractivity contribution in [1.29, 1.82) is 0 Å². The third-order valence-corrected chi connectivity index (χ3v) is 8.04. The van der Waals surface area contributed by atoms with Gasteiger partial charge in [-0.1, -0.05) is 84.0 Å². The van der Waals surface area contributed by atoms with Crippen molar-refractivity contribution in [2.75, 3.05) is 54.1 Å². The summed E-state index contributed by atoms with van der Waals surface area (Å²) < 4.78 is 22.8. The predicted octanol–water partition coefficient (Wildman–Crippen LogP) is -8.62. The van der Waals surface area contributed by atoms with Crippen molar-refractivity contribution in [2.24, 2.45) is 0 Å². The van der Waals surface area contributed by atoms with E-state index < -0.39 is 9.05 Å². The summed E-state index contributed by atoms with van der Waals surface area (Å²) in [6.07, 6.45) is 20.4. The Hall–Kier alpha value is 2.63. The van der Waals surface area contributed by atoms with Crippen molar-refractivity contribution in [3.8, 4) is 0 Å². The standard InChI is InChI=1S/C19H42N.C8H20O4Si.Al.4ClH.Na.2H2O/c1-5-6-7-8-9-10-11-12-13-14-15-16-17-18-19-20(2,3)4;1-5-9-13(10-6-2,11-7-3)12-8-4;;;;;;;;/h5-19H2,1-4H3;5-8H2,1-4H3;;4*1H;;2*1H2/q+1;;+3;;;;;+1;;/p-5. The first-order valence-electron chi connectivity index (χ1n) is 14.2. The second kappa shape index (κ2) is 52.2. The van der Waals surface area contributed by atoms with Crippen LogP contribution in [-0.2, 0) is 17.7 Å². The van der Waals surface area contributed by atoms with Gasteiger partial charge in [-0.25, -0.2) is 0 Å². The van der Waals surface area contributed by atoms with Crippen molar-refractivity contribution in [3.63, 3.8) is 0 Å². The van der Waals surface area contributed by atoms with Gasteiger partial charge in [-0.05, 0) is 40.5 Å². The Labute approximate surface area is 314 Å². The molecule has 0 radical (unpaired) electrons. The molecule has 0 saturated carbocycles. The maximum absolute atomic E-state index is 5.42. The summed E-state index contributed by atoms with van der Waals surface area (Å²) in [5, 5.41) is 0. The molecule has 41 heavy (non-hydrogen) atoms. The van der Waals surface area contributed by atoms with Gasteiger partial charge in [0, 0.05) is 26.4 Å². The second-order valence-corrected chi connectivity index (χ2v) is 12.0. The smallest absolute Gasteiger partial charge is 1.00 e. The van der Waals surface area contributed by atoms with E-state index in [1.165, 1.54) is 96.4 Å². The van der Waals surface area contributed by atoms with E-state index in [2.05, 4.69) is 28.1 Å². The fourth-order valence-corrected chi connectivity index (χ4v) is 5.65. The summed E-state index contributed by atoms with van der Waals surface area (Å²) in [7, 11) is 4.09. The molecule has 7 nitrogen and oxygen atoms in total. The molecule has 0 heterocycles. The van der Waals surface area contributed by atoms with Crippen molar-refractivity contribution in [2.45, 2.75) is 125 Å². The van der Waals surface area contributed by atoms with Crippen molar-refractivity contribution in [1.82, 2.24) is 0 Å². The molecule has 0 aliphatic heterocycles. The van der Waals surface area contributed by atoms with Crippen LogP contribution in [0.4, 0.5) is 0 Å². The van der Waals surface area contributed by atoms with Crippen molar-refractivity contribution >= 4 is 26.4 Å². The zero-order valence-electron chi connectivity index (χ0n) is 28.1. The summed E-state index contributed by atoms with van der Waals surface area (Å²) in [4.78, 5) is 0. The fraction of sp³-hybridized carbons (Fsp3) is 1.00. The number of halogens is 4. The maximum atomic E-state index is 5.42. The van der Waals surface area contributed by atoms with Crippen LogP contribution in [0.2, 0.25) is 0 Å². The topological polar surface area (TPSA) is 98.4 Å². The van der Waals surface area contributed by atoms with Crippen molar-refractivity contribution in [3.05, 3.63) is 0 Å². The Bertz CT molecular complexity index is 386. The molecule has 0 atom stereocenters. The van der Waals surface area contributed by atoms with Gasteiger partial charge in [0.15, 0.2) is 0 Å². The Morgan fingerprint density at radius 3 is 0.878 bits per heavy atom. The molecule has 0 unspecified atom stereocenters. The van der Waals surface area contributed by atoms with Crippen LogP contribution in [0.25, 0.3) is 0 Å². The van der Waals surface area contributed by atoms with E-state index in [1.807, 2.05) is 27.7 Å². The first kappa shape index (κ1) is 70.1. The van der Waals surface area contributed by atoms with Gasteiger partial charge < -0.3 is 82.8 Å². The van der Waals surface area contributed by atoms with Crippen molar-refractivity contribution < 1.29 is 112 Å². The molecule has 0 aromatic rings. The van der Waals surface area contributed by atoms with Crippen LogP contribution in [0.5, 0.6) is 0 Å². The van der Waals surface area contributed by atoms with Gasteiger partial charge in [0.2, 0.25) is 0 Å². The normalized spacial score (nSPS) is 9.66. The molecule has 250 valence electrons. The summed E-state index contributed by atoms with van der Waals surface area (Å²) in [6.45, 7) is 13.4. The molecule has 3 N–H and O–H groups in total. The quantitative estimate of drug-likeness (QED) is 0.0595. The zero-order valence-corrected chi connectivity index (χ0v) is 35.2. The molecule has 0 amide bonds. The summed E-state index contributed by atoms with van der Waals surface area (Å²) in [5.41, 5.74) is 0. The average Bonchev–Trinajstić information content (AvgIpc) is 2.74. The van der Waals surface area contributed by atoms with E-state index in [0.29, 0.717) is 26.4 Å². The Balaban J connectivity index is -0.0000000517. The number of nitrogens with zero attached hydrogens (tertiary/aromatic N) is 1. The van der Waals surface area contributed by atoms with E-state index in [9.17, 15) is 0 Å². The van der Waals surface area contributed by atoms with E-state index in [4.69, 9.17) is 17.7 Å². The van der Waals surface area contributed by atoms with Crippen LogP contribution in [0, 0.1) is 0 Å². The minimum atomic E-state index is -2.80. The first-order valence-corrected chi connectivity index (χ1v) is 15.8. The van der Waals surface area contributed by atoms with Gasteiger partial charge in [0.25, 0.3) is 0 Å². The van der Waals surface area contributed by atoms with Gasteiger partial charge in [0.1, 0.15) is 0 Å². The molecule has 0 rings (SSSR count). The third kappa shape index (κ3) is 55.4. The maximum Gasteiger partial charge on any atom is 3.00 e.